The van der Waals surface area contributed by atoms with Gasteiger partial charge >= 0.3 is 0 Å². The van der Waals surface area contributed by atoms with Gasteiger partial charge in [0, 0.05) is 18.3 Å². The van der Waals surface area contributed by atoms with Crippen LogP contribution in [0.15, 0.2) is 48.5 Å². The molecule has 0 aromatic heterocycles. The largest absolute Gasteiger partial charge is 0.346 e. The van der Waals surface area contributed by atoms with Crippen molar-refractivity contribution in [3.05, 3.63) is 65.2 Å². The Hall–Kier alpha value is -2.62. The molecule has 2 aromatic carbocycles. The minimum absolute atomic E-state index is 0.0604. The van der Waals surface area contributed by atoms with Gasteiger partial charge in [-0.15, -0.1) is 0 Å². The standard InChI is InChI=1S/C18H18N2O2/c1-12(13-6-4-3-5-7-13)19-18(22)14-8-9-16-15(10-14)11-17(21)20(16)2/h3-10,12H,11H2,1-2H3,(H,19,22). The molecule has 0 saturated carbocycles. The first-order valence-electron chi connectivity index (χ1n) is 7.31. The van der Waals surface area contributed by atoms with Gasteiger partial charge in [0.05, 0.1) is 12.5 Å². The Morgan fingerprint density at radius 3 is 2.64 bits per heavy atom. The van der Waals surface area contributed by atoms with Crippen LogP contribution in [0.1, 0.15) is 34.5 Å². The summed E-state index contributed by atoms with van der Waals surface area (Å²) < 4.78 is 0. The average molecular weight is 294 g/mol. The van der Waals surface area contributed by atoms with E-state index in [1.165, 1.54) is 0 Å². The molecule has 0 radical (unpaired) electrons. The molecule has 0 saturated heterocycles. The highest BCUT2D eigenvalue weighted by Gasteiger charge is 2.25. The summed E-state index contributed by atoms with van der Waals surface area (Å²) >= 11 is 0. The molecule has 1 N–H and O–H groups in total. The van der Waals surface area contributed by atoms with Gasteiger partial charge in [-0.3, -0.25) is 9.59 Å². The maximum atomic E-state index is 12.4. The van der Waals surface area contributed by atoms with E-state index in [1.54, 1.807) is 18.0 Å². The zero-order valence-electron chi connectivity index (χ0n) is 12.7. The van der Waals surface area contributed by atoms with Gasteiger partial charge in [-0.1, -0.05) is 30.3 Å². The molecule has 22 heavy (non-hydrogen) atoms. The molecule has 4 heteroatoms. The molecule has 1 aliphatic rings. The summed E-state index contributed by atoms with van der Waals surface area (Å²) in [5.41, 5.74) is 3.45. The van der Waals surface area contributed by atoms with Gasteiger partial charge < -0.3 is 10.2 Å². The van der Waals surface area contributed by atoms with E-state index >= 15 is 0 Å². The third-order valence-corrected chi connectivity index (χ3v) is 4.07. The molecule has 3 rings (SSSR count). The first kappa shape index (κ1) is 14.3. The van der Waals surface area contributed by atoms with Gasteiger partial charge in [-0.2, -0.15) is 0 Å². The first-order chi connectivity index (χ1) is 10.6. The molecule has 1 atom stereocenters. The number of carbonyl (C=O) groups is 2. The van der Waals surface area contributed by atoms with E-state index < -0.39 is 0 Å². The third-order valence-electron chi connectivity index (χ3n) is 4.07. The molecule has 2 aromatic rings. The Balaban J connectivity index is 1.77. The fourth-order valence-corrected chi connectivity index (χ4v) is 2.72. The smallest absolute Gasteiger partial charge is 0.251 e. The van der Waals surface area contributed by atoms with E-state index in [4.69, 9.17) is 0 Å². The van der Waals surface area contributed by atoms with E-state index in [-0.39, 0.29) is 17.9 Å². The van der Waals surface area contributed by atoms with E-state index in [1.807, 2.05) is 49.4 Å². The van der Waals surface area contributed by atoms with E-state index in [2.05, 4.69) is 5.32 Å². The lowest BCUT2D eigenvalue weighted by atomic mass is 10.1. The Bertz CT molecular complexity index is 725. The number of amides is 2. The molecule has 112 valence electrons. The molecule has 1 aliphatic heterocycles. The number of anilines is 1. The number of fused-ring (bicyclic) bond motifs is 1. The normalized spacial score (nSPS) is 14.6. The lowest BCUT2D eigenvalue weighted by Gasteiger charge is -2.15. The number of benzene rings is 2. The third kappa shape index (κ3) is 2.60. The van der Waals surface area contributed by atoms with Gasteiger partial charge in [0.25, 0.3) is 5.91 Å². The van der Waals surface area contributed by atoms with Crippen LogP contribution in [0.4, 0.5) is 5.69 Å². The molecule has 0 fully saturated rings. The van der Waals surface area contributed by atoms with Crippen LogP contribution in [-0.4, -0.2) is 18.9 Å². The summed E-state index contributed by atoms with van der Waals surface area (Å²) in [7, 11) is 1.76. The molecule has 0 spiro atoms. The summed E-state index contributed by atoms with van der Waals surface area (Å²) in [6.07, 6.45) is 0.362. The van der Waals surface area contributed by atoms with Crippen LogP contribution in [0.5, 0.6) is 0 Å². The fraction of sp³-hybridized carbons (Fsp3) is 0.222. The highest BCUT2D eigenvalue weighted by Crippen LogP contribution is 2.28. The van der Waals surface area contributed by atoms with Crippen LogP contribution in [0.25, 0.3) is 0 Å². The monoisotopic (exact) mass is 294 g/mol. The quantitative estimate of drug-likeness (QED) is 0.946. The van der Waals surface area contributed by atoms with Crippen molar-refractivity contribution in [1.29, 1.82) is 0 Å². The second-order valence-electron chi connectivity index (χ2n) is 5.58. The maximum Gasteiger partial charge on any atom is 0.251 e. The molecule has 0 bridgehead atoms. The number of hydrogen-bond donors (Lipinski definition) is 1. The lowest BCUT2D eigenvalue weighted by Crippen LogP contribution is -2.26. The molecule has 4 nitrogen and oxygen atoms in total. The topological polar surface area (TPSA) is 49.4 Å². The fourth-order valence-electron chi connectivity index (χ4n) is 2.72. The van der Waals surface area contributed by atoms with Crippen LogP contribution in [-0.2, 0) is 11.2 Å². The van der Waals surface area contributed by atoms with Crippen LogP contribution in [0.2, 0.25) is 0 Å². The molecule has 0 aliphatic carbocycles. The van der Waals surface area contributed by atoms with Gasteiger partial charge in [0.1, 0.15) is 0 Å². The van der Waals surface area contributed by atoms with Crippen LogP contribution in [0, 0.1) is 0 Å². The number of nitrogens with zero attached hydrogens (tertiary/aromatic N) is 1. The summed E-state index contributed by atoms with van der Waals surface area (Å²) in [6.45, 7) is 1.96. The number of carbonyl (C=O) groups excluding carboxylic acids is 2. The molecular formula is C18H18N2O2. The van der Waals surface area contributed by atoms with Crippen molar-refractivity contribution in [2.45, 2.75) is 19.4 Å². The van der Waals surface area contributed by atoms with Gasteiger partial charge in [-0.25, -0.2) is 0 Å². The average Bonchev–Trinajstić information content (AvgIpc) is 2.82. The van der Waals surface area contributed by atoms with Crippen molar-refractivity contribution < 1.29 is 9.59 Å². The Labute approximate surface area is 129 Å². The summed E-state index contributed by atoms with van der Waals surface area (Å²) in [4.78, 5) is 25.7. The van der Waals surface area contributed by atoms with Crippen molar-refractivity contribution in [2.75, 3.05) is 11.9 Å². The highest BCUT2D eigenvalue weighted by molar-refractivity contribution is 6.03. The van der Waals surface area contributed by atoms with Gasteiger partial charge in [-0.05, 0) is 36.2 Å². The highest BCUT2D eigenvalue weighted by atomic mass is 16.2. The second-order valence-corrected chi connectivity index (χ2v) is 5.58. The number of nitrogens with one attached hydrogen (secondary N) is 1. The zero-order chi connectivity index (χ0) is 15.7. The van der Waals surface area contributed by atoms with Crippen LogP contribution >= 0.6 is 0 Å². The minimum Gasteiger partial charge on any atom is -0.346 e. The summed E-state index contributed by atoms with van der Waals surface area (Å²) in [6, 6.07) is 15.2. The Kier molecular flexibility index (Phi) is 3.67. The predicted octanol–water partition coefficient (Wildman–Crippen LogP) is 2.70. The van der Waals surface area contributed by atoms with Crippen LogP contribution in [0.3, 0.4) is 0 Å². The number of likely N-dealkylation sites (N-methyl/N-ethyl adjacent to an activating group) is 1. The van der Waals surface area contributed by atoms with Crippen molar-refractivity contribution in [2.24, 2.45) is 0 Å². The summed E-state index contributed by atoms with van der Waals surface area (Å²) in [5, 5.41) is 2.99. The van der Waals surface area contributed by atoms with Gasteiger partial charge in [0.2, 0.25) is 5.91 Å². The van der Waals surface area contributed by atoms with Crippen molar-refractivity contribution >= 4 is 17.5 Å². The molecule has 1 unspecified atom stereocenters. The summed E-state index contributed by atoms with van der Waals surface area (Å²) in [5.74, 6) is -0.0635. The van der Waals surface area contributed by atoms with Crippen LogP contribution < -0.4 is 10.2 Å². The molecule has 1 heterocycles. The predicted molar refractivity (Wildman–Crippen MR) is 85.9 cm³/mol. The number of hydrogen-bond acceptors (Lipinski definition) is 2. The Morgan fingerprint density at radius 2 is 1.91 bits per heavy atom. The molecular weight excluding hydrogens is 276 g/mol. The second kappa shape index (κ2) is 5.64. The Morgan fingerprint density at radius 1 is 1.18 bits per heavy atom. The van der Waals surface area contributed by atoms with Gasteiger partial charge in [0.15, 0.2) is 0 Å². The maximum absolute atomic E-state index is 12.4. The van der Waals surface area contributed by atoms with Crippen molar-refractivity contribution in [3.8, 4) is 0 Å². The molecule has 2 amide bonds. The number of rotatable bonds is 3. The van der Waals surface area contributed by atoms with E-state index in [0.29, 0.717) is 12.0 Å². The first-order valence-corrected chi connectivity index (χ1v) is 7.31. The van der Waals surface area contributed by atoms with Crippen molar-refractivity contribution in [3.63, 3.8) is 0 Å². The lowest BCUT2D eigenvalue weighted by molar-refractivity contribution is -0.117. The SMILES string of the molecule is CC(NC(=O)c1ccc2c(c1)CC(=O)N2C)c1ccccc1. The van der Waals surface area contributed by atoms with Crippen molar-refractivity contribution in [1.82, 2.24) is 5.32 Å². The zero-order valence-corrected chi connectivity index (χ0v) is 12.7. The van der Waals surface area contributed by atoms with E-state index in [0.717, 1.165) is 16.8 Å². The van der Waals surface area contributed by atoms with E-state index in [9.17, 15) is 9.59 Å². The minimum atomic E-state index is -0.124.